The average molecular weight is 333 g/mol. The third-order valence-corrected chi connectivity index (χ3v) is 4.33. The van der Waals surface area contributed by atoms with E-state index in [1.165, 1.54) is 12.1 Å². The maximum atomic E-state index is 10.8. The molecule has 0 bridgehead atoms. The number of halogens is 2. The van der Waals surface area contributed by atoms with Crippen LogP contribution in [0.4, 0.5) is 11.4 Å². The van der Waals surface area contributed by atoms with Crippen LogP contribution in [-0.2, 0) is 0 Å². The normalized spacial score (nSPS) is 20.5. The van der Waals surface area contributed by atoms with Gasteiger partial charge in [-0.1, -0.05) is 23.2 Å². The van der Waals surface area contributed by atoms with Gasteiger partial charge in [-0.15, -0.1) is 0 Å². The van der Waals surface area contributed by atoms with E-state index in [0.717, 1.165) is 19.6 Å². The summed E-state index contributed by atoms with van der Waals surface area (Å²) in [5.74, 6) is 0. The van der Waals surface area contributed by atoms with E-state index in [9.17, 15) is 10.1 Å². The molecule has 116 valence electrons. The van der Waals surface area contributed by atoms with Crippen LogP contribution in [0, 0.1) is 10.1 Å². The van der Waals surface area contributed by atoms with Gasteiger partial charge in [0, 0.05) is 44.4 Å². The van der Waals surface area contributed by atoms with Crippen LogP contribution < -0.4 is 5.32 Å². The van der Waals surface area contributed by atoms with E-state index >= 15 is 0 Å². The van der Waals surface area contributed by atoms with Gasteiger partial charge in [-0.3, -0.25) is 15.0 Å². The van der Waals surface area contributed by atoms with Crippen molar-refractivity contribution in [1.82, 2.24) is 9.80 Å². The molecular weight excluding hydrogens is 315 g/mol. The van der Waals surface area contributed by atoms with Crippen molar-refractivity contribution in [2.45, 2.75) is 6.04 Å². The van der Waals surface area contributed by atoms with Gasteiger partial charge < -0.3 is 10.2 Å². The molecule has 8 heteroatoms. The molecule has 1 N–H and O–H groups in total. The van der Waals surface area contributed by atoms with E-state index in [1.807, 2.05) is 0 Å². The van der Waals surface area contributed by atoms with Crippen molar-refractivity contribution in [3.63, 3.8) is 0 Å². The maximum Gasteiger partial charge on any atom is 0.272 e. The van der Waals surface area contributed by atoms with Crippen LogP contribution in [0.2, 0.25) is 10.0 Å². The molecule has 1 aliphatic rings. The first-order valence-corrected chi connectivity index (χ1v) is 7.40. The molecule has 1 unspecified atom stereocenters. The zero-order valence-corrected chi connectivity index (χ0v) is 13.5. The fraction of sp³-hybridized carbons (Fsp3) is 0.538. The first-order valence-electron chi connectivity index (χ1n) is 6.64. The highest BCUT2D eigenvalue weighted by Gasteiger charge is 2.23. The number of hydrogen-bond acceptors (Lipinski definition) is 5. The Bertz CT molecular complexity index is 518. The fourth-order valence-corrected chi connectivity index (χ4v) is 2.98. The van der Waals surface area contributed by atoms with Gasteiger partial charge in [-0.2, -0.15) is 0 Å². The second-order valence-corrected chi connectivity index (χ2v) is 6.13. The van der Waals surface area contributed by atoms with Crippen molar-refractivity contribution < 1.29 is 4.92 Å². The first-order chi connectivity index (χ1) is 9.88. The lowest BCUT2D eigenvalue weighted by Crippen LogP contribution is -2.52. The molecule has 1 aliphatic heterocycles. The third-order valence-electron chi connectivity index (χ3n) is 3.73. The minimum absolute atomic E-state index is 0.106. The molecule has 0 aromatic heterocycles. The smallest absolute Gasteiger partial charge is 0.272 e. The number of benzene rings is 1. The average Bonchev–Trinajstić information content (AvgIpc) is 2.41. The van der Waals surface area contributed by atoms with Crippen molar-refractivity contribution in [2.24, 2.45) is 0 Å². The van der Waals surface area contributed by atoms with Gasteiger partial charge >= 0.3 is 0 Å². The molecule has 1 aromatic carbocycles. The molecule has 2 rings (SSSR count). The quantitative estimate of drug-likeness (QED) is 0.678. The van der Waals surface area contributed by atoms with Crippen LogP contribution >= 0.6 is 23.2 Å². The van der Waals surface area contributed by atoms with Gasteiger partial charge in [0.15, 0.2) is 0 Å². The number of nitro benzene ring substituents is 1. The number of likely N-dealkylation sites (N-methyl/N-ethyl adjacent to an activating group) is 2. The van der Waals surface area contributed by atoms with E-state index in [-0.39, 0.29) is 15.7 Å². The molecule has 1 atom stereocenters. The van der Waals surface area contributed by atoms with E-state index in [4.69, 9.17) is 23.2 Å². The molecule has 1 heterocycles. The molecule has 6 nitrogen and oxygen atoms in total. The molecule has 0 aliphatic carbocycles. The lowest BCUT2D eigenvalue weighted by Gasteiger charge is -2.38. The largest absolute Gasteiger partial charge is 0.381 e. The highest BCUT2D eigenvalue weighted by molar-refractivity contribution is 6.39. The standard InChI is InChI=1S/C13H18Cl2N4O2/c1-17-3-4-18(2)10(8-17)7-16-13-11(14)5-9(19(20)21)6-12(13)15/h5-6,10,16H,3-4,7-8H2,1-2H3. The minimum atomic E-state index is -0.509. The van der Waals surface area contributed by atoms with Crippen LogP contribution in [-0.4, -0.2) is 61.0 Å². The van der Waals surface area contributed by atoms with Gasteiger partial charge in [-0.05, 0) is 14.1 Å². The van der Waals surface area contributed by atoms with Crippen LogP contribution in [0.3, 0.4) is 0 Å². The van der Waals surface area contributed by atoms with Crippen LogP contribution in [0.1, 0.15) is 0 Å². The molecular formula is C13H18Cl2N4O2. The van der Waals surface area contributed by atoms with E-state index in [1.54, 1.807) is 0 Å². The van der Waals surface area contributed by atoms with E-state index in [2.05, 4.69) is 29.2 Å². The Kier molecular flexibility index (Phi) is 5.27. The highest BCUT2D eigenvalue weighted by atomic mass is 35.5. The number of non-ortho nitro benzene ring substituents is 1. The summed E-state index contributed by atoms with van der Waals surface area (Å²) in [6, 6.07) is 2.96. The molecule has 1 aromatic rings. The lowest BCUT2D eigenvalue weighted by molar-refractivity contribution is -0.384. The fourth-order valence-electron chi connectivity index (χ4n) is 2.38. The number of nitro groups is 1. The van der Waals surface area contributed by atoms with Crippen LogP contribution in [0.5, 0.6) is 0 Å². The molecule has 0 saturated carbocycles. The Labute approximate surface area is 133 Å². The Hall–Kier alpha value is -1.08. The number of nitrogens with zero attached hydrogens (tertiary/aromatic N) is 3. The maximum absolute atomic E-state index is 10.8. The zero-order chi connectivity index (χ0) is 15.6. The third kappa shape index (κ3) is 3.97. The molecule has 21 heavy (non-hydrogen) atoms. The predicted molar refractivity (Wildman–Crippen MR) is 85.5 cm³/mol. The summed E-state index contributed by atoms with van der Waals surface area (Å²) in [6.45, 7) is 3.68. The predicted octanol–water partition coefficient (Wildman–Crippen LogP) is 2.56. The summed E-state index contributed by atoms with van der Waals surface area (Å²) in [7, 11) is 4.17. The SMILES string of the molecule is CN1CCN(C)C(CNc2c(Cl)cc([N+](=O)[O-])cc2Cl)C1. The molecule has 1 fully saturated rings. The summed E-state index contributed by atoms with van der Waals surface area (Å²) in [5, 5.41) is 14.5. The van der Waals surface area contributed by atoms with Gasteiger partial charge in [-0.25, -0.2) is 0 Å². The second kappa shape index (κ2) is 6.79. The summed E-state index contributed by atoms with van der Waals surface area (Å²) in [4.78, 5) is 14.8. The summed E-state index contributed by atoms with van der Waals surface area (Å²) < 4.78 is 0. The van der Waals surface area contributed by atoms with Crippen molar-refractivity contribution >= 4 is 34.6 Å². The Balaban J connectivity index is 2.08. The first kappa shape index (κ1) is 16.3. The van der Waals surface area contributed by atoms with E-state index in [0.29, 0.717) is 18.3 Å². The van der Waals surface area contributed by atoms with Crippen molar-refractivity contribution in [1.29, 1.82) is 0 Å². The lowest BCUT2D eigenvalue weighted by atomic mass is 10.2. The monoisotopic (exact) mass is 332 g/mol. The summed E-state index contributed by atoms with van der Waals surface area (Å²) in [5.41, 5.74) is 0.440. The van der Waals surface area contributed by atoms with Gasteiger partial charge in [0.25, 0.3) is 5.69 Å². The topological polar surface area (TPSA) is 61.6 Å². The minimum Gasteiger partial charge on any atom is -0.381 e. The highest BCUT2D eigenvalue weighted by Crippen LogP contribution is 2.34. The van der Waals surface area contributed by atoms with Crippen molar-refractivity contribution in [3.8, 4) is 0 Å². The molecule has 0 radical (unpaired) electrons. The van der Waals surface area contributed by atoms with Crippen LogP contribution in [0.25, 0.3) is 0 Å². The van der Waals surface area contributed by atoms with E-state index < -0.39 is 4.92 Å². The Morgan fingerprint density at radius 2 is 1.95 bits per heavy atom. The Morgan fingerprint density at radius 1 is 1.33 bits per heavy atom. The summed E-state index contributed by atoms with van der Waals surface area (Å²) in [6.07, 6.45) is 0. The number of nitrogens with one attached hydrogen (secondary N) is 1. The second-order valence-electron chi connectivity index (χ2n) is 5.32. The molecule has 0 amide bonds. The van der Waals surface area contributed by atoms with Crippen molar-refractivity contribution in [3.05, 3.63) is 32.3 Å². The van der Waals surface area contributed by atoms with Crippen molar-refractivity contribution in [2.75, 3.05) is 45.6 Å². The zero-order valence-electron chi connectivity index (χ0n) is 12.0. The van der Waals surface area contributed by atoms with Crippen LogP contribution in [0.15, 0.2) is 12.1 Å². The number of anilines is 1. The number of rotatable bonds is 4. The van der Waals surface area contributed by atoms with Gasteiger partial charge in [0.1, 0.15) is 0 Å². The van der Waals surface area contributed by atoms with Gasteiger partial charge in [0.05, 0.1) is 20.7 Å². The molecule has 1 saturated heterocycles. The summed E-state index contributed by atoms with van der Waals surface area (Å²) >= 11 is 12.2. The Morgan fingerprint density at radius 3 is 2.52 bits per heavy atom. The number of hydrogen-bond donors (Lipinski definition) is 1. The van der Waals surface area contributed by atoms with Gasteiger partial charge in [0.2, 0.25) is 0 Å². The molecule has 0 spiro atoms. The number of piperazine rings is 1.